The first-order chi connectivity index (χ1) is 13.0. The van der Waals surface area contributed by atoms with Crippen molar-refractivity contribution in [2.45, 2.75) is 13.5 Å². The molecule has 0 atom stereocenters. The second-order valence-electron chi connectivity index (χ2n) is 5.89. The molecule has 0 unspecified atom stereocenters. The van der Waals surface area contributed by atoms with Gasteiger partial charge in [-0.25, -0.2) is 4.98 Å². The van der Waals surface area contributed by atoms with E-state index in [1.807, 2.05) is 18.2 Å². The highest BCUT2D eigenvalue weighted by molar-refractivity contribution is 5.74. The molecule has 0 amide bonds. The lowest BCUT2D eigenvalue weighted by molar-refractivity contribution is -0.384. The molecule has 27 heavy (non-hydrogen) atoms. The number of non-ortho nitro benzene ring substituents is 1. The van der Waals surface area contributed by atoms with Gasteiger partial charge in [-0.05, 0) is 25.1 Å². The third kappa shape index (κ3) is 3.06. The second-order valence-corrected chi connectivity index (χ2v) is 5.89. The molecule has 134 valence electrons. The highest BCUT2D eigenvalue weighted by Gasteiger charge is 2.15. The van der Waals surface area contributed by atoms with Gasteiger partial charge in [0.1, 0.15) is 12.2 Å². The van der Waals surface area contributed by atoms with Gasteiger partial charge in [0.25, 0.3) is 11.2 Å². The molecule has 0 spiro atoms. The lowest BCUT2D eigenvalue weighted by atomic mass is 10.2. The fourth-order valence-electron chi connectivity index (χ4n) is 2.80. The quantitative estimate of drug-likeness (QED) is 0.404. The van der Waals surface area contributed by atoms with Crippen molar-refractivity contribution in [3.8, 4) is 11.5 Å². The summed E-state index contributed by atoms with van der Waals surface area (Å²) in [7, 11) is 0. The van der Waals surface area contributed by atoms with E-state index in [0.29, 0.717) is 22.3 Å². The monoisotopic (exact) mass is 363 g/mol. The van der Waals surface area contributed by atoms with Gasteiger partial charge in [0, 0.05) is 17.7 Å². The summed E-state index contributed by atoms with van der Waals surface area (Å²) in [4.78, 5) is 27.2. The Morgan fingerprint density at radius 2 is 1.96 bits per heavy atom. The molecule has 0 fully saturated rings. The fraction of sp³-hybridized carbons (Fsp3) is 0.111. The molecule has 0 radical (unpaired) electrons. The largest absolute Gasteiger partial charge is 0.419 e. The fourth-order valence-corrected chi connectivity index (χ4v) is 2.80. The van der Waals surface area contributed by atoms with E-state index in [1.165, 1.54) is 16.7 Å². The van der Waals surface area contributed by atoms with Gasteiger partial charge in [0.2, 0.25) is 11.8 Å². The van der Waals surface area contributed by atoms with Crippen LogP contribution in [0.2, 0.25) is 0 Å². The van der Waals surface area contributed by atoms with Crippen LogP contribution in [0.1, 0.15) is 11.6 Å². The van der Waals surface area contributed by atoms with Crippen LogP contribution in [-0.2, 0) is 6.54 Å². The number of nitro groups is 1. The van der Waals surface area contributed by atoms with Gasteiger partial charge in [-0.2, -0.15) is 0 Å². The molecule has 4 rings (SSSR count). The molecule has 2 aromatic carbocycles. The van der Waals surface area contributed by atoms with Crippen molar-refractivity contribution >= 4 is 16.7 Å². The predicted molar refractivity (Wildman–Crippen MR) is 96.2 cm³/mol. The Bertz CT molecular complexity index is 1230. The predicted octanol–water partition coefficient (Wildman–Crippen LogP) is 2.71. The average molecular weight is 363 g/mol. The number of hydrogen-bond donors (Lipinski definition) is 0. The zero-order valence-electron chi connectivity index (χ0n) is 14.2. The van der Waals surface area contributed by atoms with Crippen molar-refractivity contribution in [1.29, 1.82) is 0 Å². The van der Waals surface area contributed by atoms with Crippen molar-refractivity contribution < 1.29 is 9.34 Å². The van der Waals surface area contributed by atoms with Crippen LogP contribution in [0.15, 0.2) is 57.7 Å². The van der Waals surface area contributed by atoms with Gasteiger partial charge < -0.3 is 4.42 Å². The van der Waals surface area contributed by atoms with E-state index >= 15 is 0 Å². The maximum absolute atomic E-state index is 12.5. The van der Waals surface area contributed by atoms with Gasteiger partial charge >= 0.3 is 0 Å². The molecule has 2 heterocycles. The van der Waals surface area contributed by atoms with Gasteiger partial charge in [0.05, 0.1) is 16.0 Å². The highest BCUT2D eigenvalue weighted by Crippen LogP contribution is 2.23. The first-order valence-electron chi connectivity index (χ1n) is 8.06. The normalized spacial score (nSPS) is 11.0. The van der Waals surface area contributed by atoms with Crippen LogP contribution >= 0.6 is 0 Å². The van der Waals surface area contributed by atoms with Crippen LogP contribution < -0.4 is 5.56 Å². The minimum absolute atomic E-state index is 0.0702. The standard InChI is InChI=1S/C18H13N5O4/c1-11-18(24)22(15-8-3-2-7-14(15)19-11)10-16-20-21-17(27-16)12-5-4-6-13(9-12)23(25)26/h2-9H,10H2,1H3. The molecule has 0 aliphatic heterocycles. The smallest absolute Gasteiger partial charge is 0.272 e. The Morgan fingerprint density at radius 3 is 2.78 bits per heavy atom. The minimum Gasteiger partial charge on any atom is -0.419 e. The van der Waals surface area contributed by atoms with Gasteiger partial charge in [-0.1, -0.05) is 18.2 Å². The topological polar surface area (TPSA) is 117 Å². The van der Waals surface area contributed by atoms with Crippen molar-refractivity contribution in [3.05, 3.63) is 80.6 Å². The number of aromatic nitrogens is 4. The minimum atomic E-state index is -0.494. The van der Waals surface area contributed by atoms with Crippen LogP contribution in [0.25, 0.3) is 22.5 Å². The van der Waals surface area contributed by atoms with Gasteiger partial charge in [0.15, 0.2) is 0 Å². The van der Waals surface area contributed by atoms with Gasteiger partial charge in [-0.3, -0.25) is 19.5 Å². The molecule has 0 bridgehead atoms. The first-order valence-corrected chi connectivity index (χ1v) is 8.06. The summed E-state index contributed by atoms with van der Waals surface area (Å²) in [5, 5.41) is 18.8. The zero-order valence-corrected chi connectivity index (χ0v) is 14.2. The Labute approximate surface area is 152 Å². The highest BCUT2D eigenvalue weighted by atomic mass is 16.6. The third-order valence-electron chi connectivity index (χ3n) is 4.08. The van der Waals surface area contributed by atoms with E-state index < -0.39 is 4.92 Å². The Morgan fingerprint density at radius 1 is 1.15 bits per heavy atom. The van der Waals surface area contributed by atoms with E-state index in [1.54, 1.807) is 25.1 Å². The number of nitrogens with zero attached hydrogens (tertiary/aromatic N) is 5. The third-order valence-corrected chi connectivity index (χ3v) is 4.08. The van der Waals surface area contributed by atoms with Crippen molar-refractivity contribution in [3.63, 3.8) is 0 Å². The number of benzene rings is 2. The molecule has 0 N–H and O–H groups in total. The Kier molecular flexibility index (Phi) is 3.96. The van der Waals surface area contributed by atoms with Crippen LogP contribution in [0.5, 0.6) is 0 Å². The van der Waals surface area contributed by atoms with Gasteiger partial charge in [-0.15, -0.1) is 10.2 Å². The van der Waals surface area contributed by atoms with E-state index in [4.69, 9.17) is 4.42 Å². The number of rotatable bonds is 4. The summed E-state index contributed by atoms with van der Waals surface area (Å²) in [6, 6.07) is 13.2. The molecule has 9 heteroatoms. The number of hydrogen-bond acceptors (Lipinski definition) is 7. The van der Waals surface area contributed by atoms with E-state index in [0.717, 1.165) is 0 Å². The first kappa shape index (κ1) is 16.6. The van der Waals surface area contributed by atoms with E-state index in [2.05, 4.69) is 15.2 Å². The van der Waals surface area contributed by atoms with Crippen LogP contribution in [0.3, 0.4) is 0 Å². The summed E-state index contributed by atoms with van der Waals surface area (Å²) in [5.74, 6) is 0.367. The number of aryl methyl sites for hydroxylation is 1. The maximum atomic E-state index is 12.5. The molecule has 4 aromatic rings. The molecular weight excluding hydrogens is 350 g/mol. The summed E-state index contributed by atoms with van der Waals surface area (Å²) in [6.45, 7) is 1.72. The van der Waals surface area contributed by atoms with Crippen molar-refractivity contribution in [1.82, 2.24) is 19.7 Å². The molecule has 0 saturated carbocycles. The Balaban J connectivity index is 1.73. The molecule has 0 aliphatic carbocycles. The number of fused-ring (bicyclic) bond motifs is 1. The summed E-state index contributed by atoms with van der Waals surface area (Å²) in [5.41, 5.74) is 1.83. The number of nitro benzene ring substituents is 1. The molecule has 9 nitrogen and oxygen atoms in total. The van der Waals surface area contributed by atoms with Crippen LogP contribution in [-0.4, -0.2) is 24.7 Å². The van der Waals surface area contributed by atoms with Crippen LogP contribution in [0.4, 0.5) is 5.69 Å². The molecule has 0 aliphatic rings. The summed E-state index contributed by atoms with van der Waals surface area (Å²) >= 11 is 0. The zero-order chi connectivity index (χ0) is 19.0. The molecular formula is C18H13N5O4. The Hall–Kier alpha value is -3.88. The van der Waals surface area contributed by atoms with Crippen LogP contribution in [0, 0.1) is 17.0 Å². The molecule has 0 saturated heterocycles. The average Bonchev–Trinajstić information content (AvgIpc) is 3.14. The molecule has 2 aromatic heterocycles. The lowest BCUT2D eigenvalue weighted by Gasteiger charge is -2.08. The summed E-state index contributed by atoms with van der Waals surface area (Å²) < 4.78 is 7.14. The maximum Gasteiger partial charge on any atom is 0.272 e. The van der Waals surface area contributed by atoms with Crippen molar-refractivity contribution in [2.75, 3.05) is 0 Å². The summed E-state index contributed by atoms with van der Waals surface area (Å²) in [6.07, 6.45) is 0. The van der Waals surface area contributed by atoms with E-state index in [-0.39, 0.29) is 29.6 Å². The second kappa shape index (κ2) is 6.45. The number of para-hydroxylation sites is 2. The SMILES string of the molecule is Cc1nc2ccccc2n(Cc2nnc(-c3cccc([N+](=O)[O-])c3)o2)c1=O. The van der Waals surface area contributed by atoms with Crippen molar-refractivity contribution in [2.24, 2.45) is 0 Å². The van der Waals surface area contributed by atoms with E-state index in [9.17, 15) is 14.9 Å². The lowest BCUT2D eigenvalue weighted by Crippen LogP contribution is -2.24.